The maximum Gasteiger partial charge on any atom is 0.318 e. The number of aromatic amines is 1. The van der Waals surface area contributed by atoms with Gasteiger partial charge >= 0.3 is 6.03 Å². The molecular weight excluding hydrogens is 398 g/mol. The summed E-state index contributed by atoms with van der Waals surface area (Å²) < 4.78 is 0. The molecule has 9 nitrogen and oxygen atoms in total. The lowest BCUT2D eigenvalue weighted by Crippen LogP contribution is -2.47. The molecule has 1 aromatic carbocycles. The second-order valence-corrected chi connectivity index (χ2v) is 7.29. The van der Waals surface area contributed by atoms with Gasteiger partial charge in [-0.3, -0.25) is 9.59 Å². The highest BCUT2D eigenvalue weighted by Crippen LogP contribution is 2.24. The van der Waals surface area contributed by atoms with Crippen molar-refractivity contribution < 1.29 is 19.5 Å². The maximum atomic E-state index is 12.6. The zero-order valence-electron chi connectivity index (χ0n) is 15.9. The lowest BCUT2D eigenvalue weighted by atomic mass is 10.1. The average molecular weight is 420 g/mol. The van der Waals surface area contributed by atoms with Gasteiger partial charge in [-0.15, -0.1) is 0 Å². The molecule has 1 saturated heterocycles. The molecule has 0 saturated carbocycles. The van der Waals surface area contributed by atoms with Crippen LogP contribution < -0.4 is 10.2 Å². The van der Waals surface area contributed by atoms with Crippen LogP contribution in [0.3, 0.4) is 0 Å². The SMILES string of the molecule is Cc1nc2c([nH]1)CN(C(=O)NC1CC(=O)N(c3ccc(Cl)cc3)C1)CC2.O=CO. The molecule has 3 amide bonds. The number of halogens is 1. The second kappa shape index (κ2) is 8.95. The molecule has 2 aliphatic rings. The fourth-order valence-electron chi connectivity index (χ4n) is 3.55. The molecule has 10 heteroatoms. The third-order valence-corrected chi connectivity index (χ3v) is 5.08. The molecule has 1 aromatic heterocycles. The first-order valence-corrected chi connectivity index (χ1v) is 9.52. The molecule has 0 bridgehead atoms. The van der Waals surface area contributed by atoms with Crippen LogP contribution in [-0.4, -0.2) is 57.5 Å². The molecule has 3 heterocycles. The van der Waals surface area contributed by atoms with Gasteiger partial charge in [-0.25, -0.2) is 9.78 Å². The van der Waals surface area contributed by atoms with Gasteiger partial charge < -0.3 is 25.2 Å². The Bertz CT molecular complexity index is 899. The van der Waals surface area contributed by atoms with E-state index >= 15 is 0 Å². The van der Waals surface area contributed by atoms with Crippen LogP contribution in [0.25, 0.3) is 0 Å². The number of fused-ring (bicyclic) bond motifs is 1. The molecule has 29 heavy (non-hydrogen) atoms. The van der Waals surface area contributed by atoms with E-state index in [1.54, 1.807) is 21.9 Å². The van der Waals surface area contributed by atoms with Crippen molar-refractivity contribution in [3.05, 3.63) is 46.5 Å². The number of urea groups is 1. The van der Waals surface area contributed by atoms with Gasteiger partial charge in [-0.05, 0) is 31.2 Å². The topological polar surface area (TPSA) is 119 Å². The van der Waals surface area contributed by atoms with Crippen molar-refractivity contribution in [1.82, 2.24) is 20.2 Å². The van der Waals surface area contributed by atoms with Crippen LogP contribution in [0, 0.1) is 6.92 Å². The van der Waals surface area contributed by atoms with E-state index in [9.17, 15) is 9.59 Å². The van der Waals surface area contributed by atoms with Gasteiger partial charge in [0.2, 0.25) is 5.91 Å². The highest BCUT2D eigenvalue weighted by Gasteiger charge is 2.33. The number of carboxylic acid groups (broad SMARTS) is 1. The minimum Gasteiger partial charge on any atom is -0.483 e. The Morgan fingerprint density at radius 1 is 1.38 bits per heavy atom. The minimum absolute atomic E-state index is 0.00254. The molecule has 154 valence electrons. The molecule has 2 aliphatic heterocycles. The number of rotatable bonds is 2. The van der Waals surface area contributed by atoms with Crippen molar-refractivity contribution in [2.75, 3.05) is 18.0 Å². The smallest absolute Gasteiger partial charge is 0.318 e. The molecule has 4 rings (SSSR count). The van der Waals surface area contributed by atoms with Crippen molar-refractivity contribution in [2.45, 2.75) is 32.4 Å². The van der Waals surface area contributed by atoms with Crippen molar-refractivity contribution in [2.24, 2.45) is 0 Å². The van der Waals surface area contributed by atoms with Crippen LogP contribution in [0.15, 0.2) is 24.3 Å². The Kier molecular flexibility index (Phi) is 6.38. The number of imidazole rings is 1. The van der Waals surface area contributed by atoms with E-state index in [-0.39, 0.29) is 24.5 Å². The van der Waals surface area contributed by atoms with E-state index < -0.39 is 0 Å². The van der Waals surface area contributed by atoms with Crippen LogP contribution in [-0.2, 0) is 22.6 Å². The Labute approximate surface area is 172 Å². The van der Waals surface area contributed by atoms with E-state index in [2.05, 4.69) is 15.3 Å². The number of anilines is 1. The fourth-order valence-corrected chi connectivity index (χ4v) is 3.68. The van der Waals surface area contributed by atoms with E-state index in [1.807, 2.05) is 19.1 Å². The average Bonchev–Trinajstić information content (AvgIpc) is 3.23. The first-order chi connectivity index (χ1) is 13.9. The number of carbonyl (C=O) groups excluding carboxylic acids is 2. The molecule has 0 spiro atoms. The number of nitrogens with one attached hydrogen (secondary N) is 2. The highest BCUT2D eigenvalue weighted by molar-refractivity contribution is 6.30. The van der Waals surface area contributed by atoms with Crippen molar-refractivity contribution in [1.29, 1.82) is 0 Å². The van der Waals surface area contributed by atoms with Gasteiger partial charge in [0.1, 0.15) is 5.82 Å². The fraction of sp³-hybridized carbons (Fsp3) is 0.368. The van der Waals surface area contributed by atoms with Crippen LogP contribution in [0.4, 0.5) is 10.5 Å². The Morgan fingerprint density at radius 2 is 2.07 bits per heavy atom. The van der Waals surface area contributed by atoms with Gasteiger partial charge in [-0.2, -0.15) is 0 Å². The number of carbonyl (C=O) groups is 3. The number of hydrogen-bond donors (Lipinski definition) is 3. The number of nitrogens with zero attached hydrogens (tertiary/aromatic N) is 3. The van der Waals surface area contributed by atoms with Crippen molar-refractivity contribution in [3.63, 3.8) is 0 Å². The molecule has 1 unspecified atom stereocenters. The molecule has 2 aromatic rings. The predicted octanol–water partition coefficient (Wildman–Crippen LogP) is 1.95. The number of H-pyrrole nitrogens is 1. The molecule has 0 radical (unpaired) electrons. The summed E-state index contributed by atoms with van der Waals surface area (Å²) in [6.07, 6.45) is 1.05. The highest BCUT2D eigenvalue weighted by atomic mass is 35.5. The van der Waals surface area contributed by atoms with Gasteiger partial charge in [0, 0.05) is 36.6 Å². The monoisotopic (exact) mass is 419 g/mol. The normalized spacial score (nSPS) is 18.0. The van der Waals surface area contributed by atoms with E-state index in [1.165, 1.54) is 0 Å². The standard InChI is InChI=1S/C18H20ClN5O2.CH2O2/c1-11-20-15-6-7-23(10-16(15)21-11)18(26)22-13-8-17(25)24(9-13)14-4-2-12(19)3-5-14;2-1-3/h2-5,13H,6-10H2,1H3,(H,20,21)(H,22,26);1H,(H,2,3). The largest absolute Gasteiger partial charge is 0.483 e. The summed E-state index contributed by atoms with van der Waals surface area (Å²) in [4.78, 5) is 44.4. The summed E-state index contributed by atoms with van der Waals surface area (Å²) >= 11 is 5.90. The Balaban J connectivity index is 0.000000755. The molecule has 0 aliphatic carbocycles. The van der Waals surface area contributed by atoms with Gasteiger partial charge in [-0.1, -0.05) is 11.6 Å². The number of aryl methyl sites for hydroxylation is 1. The number of aromatic nitrogens is 2. The summed E-state index contributed by atoms with van der Waals surface area (Å²) in [7, 11) is 0. The summed E-state index contributed by atoms with van der Waals surface area (Å²) in [5.74, 6) is 0.875. The Morgan fingerprint density at radius 3 is 2.76 bits per heavy atom. The molecule has 1 atom stereocenters. The van der Waals surface area contributed by atoms with E-state index in [4.69, 9.17) is 21.5 Å². The second-order valence-electron chi connectivity index (χ2n) is 6.86. The first kappa shape index (κ1) is 20.7. The van der Waals surface area contributed by atoms with Crippen LogP contribution in [0.2, 0.25) is 5.02 Å². The lowest BCUT2D eigenvalue weighted by molar-refractivity contribution is -0.123. The third-order valence-electron chi connectivity index (χ3n) is 4.83. The predicted molar refractivity (Wildman–Crippen MR) is 107 cm³/mol. The van der Waals surface area contributed by atoms with Crippen molar-refractivity contribution in [3.8, 4) is 0 Å². The number of benzene rings is 1. The van der Waals surface area contributed by atoms with Gasteiger partial charge in [0.15, 0.2) is 0 Å². The number of hydrogen-bond acceptors (Lipinski definition) is 4. The van der Waals surface area contributed by atoms with Crippen LogP contribution in [0.5, 0.6) is 0 Å². The number of amides is 3. The molecule has 3 N–H and O–H groups in total. The third kappa shape index (κ3) is 4.86. The van der Waals surface area contributed by atoms with Crippen LogP contribution in [0.1, 0.15) is 23.6 Å². The Hall–Kier alpha value is -3.07. The summed E-state index contributed by atoms with van der Waals surface area (Å²) in [6.45, 7) is 3.28. The quantitative estimate of drug-likeness (QED) is 0.643. The van der Waals surface area contributed by atoms with Gasteiger partial charge in [0.05, 0.1) is 24.0 Å². The summed E-state index contributed by atoms with van der Waals surface area (Å²) in [5, 5.41) is 10.5. The lowest BCUT2D eigenvalue weighted by Gasteiger charge is -2.27. The minimum atomic E-state index is -0.250. The molecular formula is C19H22ClN5O4. The van der Waals surface area contributed by atoms with E-state index in [0.717, 1.165) is 29.3 Å². The first-order valence-electron chi connectivity index (χ1n) is 9.15. The van der Waals surface area contributed by atoms with E-state index in [0.29, 0.717) is 31.1 Å². The van der Waals surface area contributed by atoms with Gasteiger partial charge in [0.25, 0.3) is 6.47 Å². The van der Waals surface area contributed by atoms with Crippen molar-refractivity contribution >= 4 is 35.7 Å². The zero-order valence-corrected chi connectivity index (χ0v) is 16.6. The summed E-state index contributed by atoms with van der Waals surface area (Å²) in [6, 6.07) is 6.81. The maximum absolute atomic E-state index is 12.6. The molecule has 1 fully saturated rings. The zero-order chi connectivity index (χ0) is 21.0. The summed E-state index contributed by atoms with van der Waals surface area (Å²) in [5.41, 5.74) is 2.83. The van der Waals surface area contributed by atoms with Crippen LogP contribution >= 0.6 is 11.6 Å².